The van der Waals surface area contributed by atoms with Gasteiger partial charge in [0.05, 0.1) is 4.47 Å². The van der Waals surface area contributed by atoms with E-state index in [0.29, 0.717) is 19.3 Å². The number of rotatable bonds is 4. The average Bonchev–Trinajstić information content (AvgIpc) is 2.36. The minimum atomic E-state index is 0.293. The normalized spacial score (nSPS) is 15.4. The largest absolute Gasteiger partial charge is 0.486 e. The van der Waals surface area contributed by atoms with Crippen LogP contribution in [0.25, 0.3) is 0 Å². The van der Waals surface area contributed by atoms with Crippen molar-refractivity contribution < 1.29 is 9.47 Å². The average molecular weight is 298 g/mol. The van der Waals surface area contributed by atoms with Gasteiger partial charge in [-0.3, -0.25) is 0 Å². The van der Waals surface area contributed by atoms with Crippen molar-refractivity contribution in [3.63, 3.8) is 0 Å². The van der Waals surface area contributed by atoms with Crippen LogP contribution in [-0.2, 0) is 6.54 Å². The molecule has 3 nitrogen and oxygen atoms in total. The lowest BCUT2D eigenvalue weighted by atomic mass is 10.2. The van der Waals surface area contributed by atoms with Crippen LogP contribution in [0.3, 0.4) is 0 Å². The Morgan fingerprint density at radius 3 is 3.00 bits per heavy atom. The molecule has 1 N–H and O–H groups in total. The van der Waals surface area contributed by atoms with Gasteiger partial charge in [-0.15, -0.1) is 6.58 Å². The molecule has 0 amide bonds. The maximum absolute atomic E-state index is 5.58. The first-order valence-corrected chi connectivity index (χ1v) is 6.44. The summed E-state index contributed by atoms with van der Waals surface area (Å²) in [7, 11) is 0. The number of fused-ring (bicyclic) bond motifs is 1. The molecule has 0 aliphatic carbocycles. The summed E-state index contributed by atoms with van der Waals surface area (Å²) < 4.78 is 12.1. The Kier molecular flexibility index (Phi) is 4.07. The van der Waals surface area contributed by atoms with Gasteiger partial charge >= 0.3 is 0 Å². The summed E-state index contributed by atoms with van der Waals surface area (Å²) in [6, 6.07) is 4.36. The second-order valence-corrected chi connectivity index (χ2v) is 4.86. The van der Waals surface area contributed by atoms with Crippen molar-refractivity contribution in [3.8, 4) is 11.5 Å². The Bertz CT molecular complexity index is 420. The molecule has 1 aliphatic rings. The Balaban J connectivity index is 2.13. The predicted octanol–water partition coefficient (Wildman–Crippen LogP) is 2.88. The van der Waals surface area contributed by atoms with Crippen molar-refractivity contribution in [2.75, 3.05) is 13.2 Å². The Labute approximate surface area is 110 Å². The van der Waals surface area contributed by atoms with E-state index in [4.69, 9.17) is 9.47 Å². The number of hydrogen-bond acceptors (Lipinski definition) is 3. The van der Waals surface area contributed by atoms with Crippen LogP contribution in [0.4, 0.5) is 0 Å². The quantitative estimate of drug-likeness (QED) is 0.867. The third kappa shape index (κ3) is 3.01. The lowest BCUT2D eigenvalue weighted by Crippen LogP contribution is -2.23. The first kappa shape index (κ1) is 12.5. The minimum absolute atomic E-state index is 0.293. The topological polar surface area (TPSA) is 30.5 Å². The summed E-state index contributed by atoms with van der Waals surface area (Å²) in [6.45, 7) is 7.81. The third-order valence-electron chi connectivity index (χ3n) is 2.64. The summed E-state index contributed by atoms with van der Waals surface area (Å²) in [5.41, 5.74) is 1.16. The van der Waals surface area contributed by atoms with Gasteiger partial charge < -0.3 is 14.8 Å². The number of halogens is 1. The molecule has 4 heteroatoms. The van der Waals surface area contributed by atoms with Crippen LogP contribution in [-0.4, -0.2) is 19.3 Å². The molecule has 1 heterocycles. The van der Waals surface area contributed by atoms with Gasteiger partial charge in [0.1, 0.15) is 13.2 Å². The minimum Gasteiger partial charge on any atom is -0.486 e. The van der Waals surface area contributed by atoms with Crippen LogP contribution >= 0.6 is 15.9 Å². The molecule has 0 bridgehead atoms. The lowest BCUT2D eigenvalue weighted by Gasteiger charge is -2.20. The first-order valence-electron chi connectivity index (χ1n) is 5.64. The lowest BCUT2D eigenvalue weighted by molar-refractivity contribution is 0.170. The summed E-state index contributed by atoms with van der Waals surface area (Å²) in [5.74, 6) is 1.62. The highest BCUT2D eigenvalue weighted by Gasteiger charge is 2.16. The van der Waals surface area contributed by atoms with Crippen LogP contribution in [0, 0.1) is 0 Å². The van der Waals surface area contributed by atoms with Gasteiger partial charge in [-0.05, 0) is 40.5 Å². The summed E-state index contributed by atoms with van der Waals surface area (Å²) >= 11 is 3.50. The van der Waals surface area contributed by atoms with Gasteiger partial charge in [-0.25, -0.2) is 0 Å². The summed E-state index contributed by atoms with van der Waals surface area (Å²) in [6.07, 6.45) is 1.88. The second-order valence-electron chi connectivity index (χ2n) is 4.01. The monoisotopic (exact) mass is 297 g/mol. The molecule has 0 radical (unpaired) electrons. The zero-order chi connectivity index (χ0) is 12.3. The Morgan fingerprint density at radius 2 is 2.24 bits per heavy atom. The molecule has 1 aliphatic heterocycles. The van der Waals surface area contributed by atoms with E-state index in [9.17, 15) is 0 Å². The van der Waals surface area contributed by atoms with Crippen LogP contribution < -0.4 is 14.8 Å². The summed E-state index contributed by atoms with van der Waals surface area (Å²) in [5, 5.41) is 3.35. The van der Waals surface area contributed by atoms with Gasteiger partial charge in [0.2, 0.25) is 0 Å². The van der Waals surface area contributed by atoms with Crippen molar-refractivity contribution >= 4 is 15.9 Å². The standard InChI is InChI=1S/C13H16BrNO2/c1-3-9(2)15-8-10-6-11(14)13-12(7-10)16-4-5-17-13/h3,6-7,9,15H,1,4-5,8H2,2H3. The molecular formula is C13H16BrNO2. The molecule has 1 aromatic carbocycles. The van der Waals surface area contributed by atoms with E-state index in [0.717, 1.165) is 28.1 Å². The molecule has 1 aromatic rings. The van der Waals surface area contributed by atoms with Gasteiger partial charge in [0, 0.05) is 12.6 Å². The Hall–Kier alpha value is -1.00. The maximum Gasteiger partial charge on any atom is 0.175 e. The van der Waals surface area contributed by atoms with E-state index in [1.54, 1.807) is 0 Å². The number of nitrogens with one attached hydrogen (secondary N) is 1. The maximum atomic E-state index is 5.58. The highest BCUT2D eigenvalue weighted by Crippen LogP contribution is 2.38. The molecule has 0 fully saturated rings. The van der Waals surface area contributed by atoms with Crippen LogP contribution in [0.2, 0.25) is 0 Å². The molecule has 1 unspecified atom stereocenters. The fourth-order valence-corrected chi connectivity index (χ4v) is 2.23. The van der Waals surface area contributed by atoms with Crippen LogP contribution in [0.5, 0.6) is 11.5 Å². The Morgan fingerprint density at radius 1 is 1.47 bits per heavy atom. The van der Waals surface area contributed by atoms with Crippen molar-refractivity contribution in [1.82, 2.24) is 5.32 Å². The molecule has 1 atom stereocenters. The van der Waals surface area contributed by atoms with Crippen molar-refractivity contribution in [2.45, 2.75) is 19.5 Å². The fraction of sp³-hybridized carbons (Fsp3) is 0.385. The smallest absolute Gasteiger partial charge is 0.175 e. The zero-order valence-corrected chi connectivity index (χ0v) is 11.4. The molecule has 17 heavy (non-hydrogen) atoms. The third-order valence-corrected chi connectivity index (χ3v) is 3.23. The molecular weight excluding hydrogens is 282 g/mol. The molecule has 92 valence electrons. The van der Waals surface area contributed by atoms with Gasteiger partial charge in [0.25, 0.3) is 0 Å². The SMILES string of the molecule is C=CC(C)NCc1cc(Br)c2c(c1)OCCO2. The van der Waals surface area contributed by atoms with Crippen molar-refractivity contribution in [2.24, 2.45) is 0 Å². The van der Waals surface area contributed by atoms with E-state index in [2.05, 4.69) is 40.8 Å². The van der Waals surface area contributed by atoms with Gasteiger partial charge in [-0.1, -0.05) is 6.08 Å². The molecule has 0 spiro atoms. The summed E-state index contributed by atoms with van der Waals surface area (Å²) in [4.78, 5) is 0. The van der Waals surface area contributed by atoms with Gasteiger partial charge in [-0.2, -0.15) is 0 Å². The second kappa shape index (κ2) is 5.56. The van der Waals surface area contributed by atoms with Crippen LogP contribution in [0.1, 0.15) is 12.5 Å². The van der Waals surface area contributed by atoms with E-state index in [1.807, 2.05) is 12.1 Å². The van der Waals surface area contributed by atoms with Gasteiger partial charge in [0.15, 0.2) is 11.5 Å². The highest BCUT2D eigenvalue weighted by molar-refractivity contribution is 9.10. The van der Waals surface area contributed by atoms with Crippen LogP contribution in [0.15, 0.2) is 29.3 Å². The van der Waals surface area contributed by atoms with Crippen molar-refractivity contribution in [3.05, 3.63) is 34.8 Å². The molecule has 0 aromatic heterocycles. The predicted molar refractivity (Wildman–Crippen MR) is 71.6 cm³/mol. The number of benzene rings is 1. The van der Waals surface area contributed by atoms with E-state index in [1.165, 1.54) is 0 Å². The highest BCUT2D eigenvalue weighted by atomic mass is 79.9. The number of hydrogen-bond donors (Lipinski definition) is 1. The fourth-order valence-electron chi connectivity index (χ4n) is 1.63. The van der Waals surface area contributed by atoms with E-state index < -0.39 is 0 Å². The molecule has 0 saturated heterocycles. The number of ether oxygens (including phenoxy) is 2. The van der Waals surface area contributed by atoms with E-state index >= 15 is 0 Å². The molecule has 2 rings (SSSR count). The van der Waals surface area contributed by atoms with E-state index in [-0.39, 0.29) is 0 Å². The van der Waals surface area contributed by atoms with Crippen molar-refractivity contribution in [1.29, 1.82) is 0 Å². The molecule has 0 saturated carbocycles. The zero-order valence-electron chi connectivity index (χ0n) is 9.83. The first-order chi connectivity index (χ1) is 8.20.